The molecule has 0 radical (unpaired) electrons. The summed E-state index contributed by atoms with van der Waals surface area (Å²) in [4.78, 5) is 2.56. The van der Waals surface area contributed by atoms with Crippen LogP contribution in [0.5, 0.6) is 0 Å². The third kappa shape index (κ3) is 2.19. The summed E-state index contributed by atoms with van der Waals surface area (Å²) in [5.74, 6) is 0. The van der Waals surface area contributed by atoms with Crippen LogP contribution in [0, 0.1) is 0 Å². The summed E-state index contributed by atoms with van der Waals surface area (Å²) in [6, 6.07) is 22.0. The second-order valence-corrected chi connectivity index (χ2v) is 5.43. The van der Waals surface area contributed by atoms with E-state index in [2.05, 4.69) is 72.5 Å². The Hall–Kier alpha value is -1.60. The van der Waals surface area contributed by atoms with E-state index in [0.717, 1.165) is 13.1 Å². The van der Waals surface area contributed by atoms with Crippen LogP contribution in [0.4, 0.5) is 0 Å². The van der Waals surface area contributed by atoms with Gasteiger partial charge in [-0.2, -0.15) is 0 Å². The number of rotatable bonds is 3. The molecule has 1 aliphatic heterocycles. The van der Waals surface area contributed by atoms with Crippen LogP contribution in [-0.4, -0.2) is 24.5 Å². The standard InChI is InChI=1S/C18H21N/c1-2-19-14-13-18(15-19,16-9-5-3-6-10-16)17-11-7-4-8-12-17/h3-12H,2,13-15H2,1H3. The fourth-order valence-corrected chi connectivity index (χ4v) is 3.31. The molecular weight excluding hydrogens is 230 g/mol. The van der Waals surface area contributed by atoms with Gasteiger partial charge < -0.3 is 4.90 Å². The molecule has 0 spiro atoms. The van der Waals surface area contributed by atoms with Crippen LogP contribution in [0.2, 0.25) is 0 Å². The number of benzene rings is 2. The van der Waals surface area contributed by atoms with Gasteiger partial charge in [0.15, 0.2) is 0 Å². The van der Waals surface area contributed by atoms with E-state index in [-0.39, 0.29) is 5.41 Å². The van der Waals surface area contributed by atoms with Crippen molar-refractivity contribution in [3.63, 3.8) is 0 Å². The monoisotopic (exact) mass is 251 g/mol. The zero-order valence-corrected chi connectivity index (χ0v) is 11.5. The highest BCUT2D eigenvalue weighted by molar-refractivity contribution is 5.41. The predicted molar refractivity (Wildman–Crippen MR) is 80.4 cm³/mol. The van der Waals surface area contributed by atoms with Crippen molar-refractivity contribution < 1.29 is 0 Å². The lowest BCUT2D eigenvalue weighted by Crippen LogP contribution is -2.32. The molecule has 0 aromatic heterocycles. The van der Waals surface area contributed by atoms with E-state index >= 15 is 0 Å². The van der Waals surface area contributed by atoms with Crippen molar-refractivity contribution in [1.82, 2.24) is 4.90 Å². The van der Waals surface area contributed by atoms with Gasteiger partial charge in [-0.3, -0.25) is 0 Å². The Labute approximate surface area is 115 Å². The topological polar surface area (TPSA) is 3.24 Å². The summed E-state index contributed by atoms with van der Waals surface area (Å²) >= 11 is 0. The molecule has 1 fully saturated rings. The molecule has 0 bridgehead atoms. The SMILES string of the molecule is CCN1CCC(c2ccccc2)(c2ccccc2)C1. The zero-order valence-electron chi connectivity index (χ0n) is 11.5. The Morgan fingerprint density at radius 2 is 1.42 bits per heavy atom. The molecule has 0 aliphatic carbocycles. The van der Waals surface area contributed by atoms with Crippen molar-refractivity contribution in [3.8, 4) is 0 Å². The molecule has 2 aromatic carbocycles. The Bertz CT molecular complexity index is 478. The van der Waals surface area contributed by atoms with Crippen molar-refractivity contribution in [2.75, 3.05) is 19.6 Å². The molecule has 1 heteroatoms. The van der Waals surface area contributed by atoms with Crippen LogP contribution in [0.1, 0.15) is 24.5 Å². The van der Waals surface area contributed by atoms with Crippen LogP contribution < -0.4 is 0 Å². The Morgan fingerprint density at radius 1 is 0.895 bits per heavy atom. The maximum absolute atomic E-state index is 2.56. The van der Waals surface area contributed by atoms with Gasteiger partial charge in [-0.05, 0) is 30.6 Å². The summed E-state index contributed by atoms with van der Waals surface area (Å²) in [6.07, 6.45) is 1.22. The van der Waals surface area contributed by atoms with Gasteiger partial charge in [0.2, 0.25) is 0 Å². The molecule has 1 heterocycles. The first-order valence-electron chi connectivity index (χ1n) is 7.18. The molecule has 19 heavy (non-hydrogen) atoms. The van der Waals surface area contributed by atoms with Crippen LogP contribution in [0.15, 0.2) is 60.7 Å². The van der Waals surface area contributed by atoms with Crippen LogP contribution in [0.25, 0.3) is 0 Å². The number of hydrogen-bond acceptors (Lipinski definition) is 1. The van der Waals surface area contributed by atoms with Gasteiger partial charge in [-0.25, -0.2) is 0 Å². The fraction of sp³-hybridized carbons (Fsp3) is 0.333. The summed E-state index contributed by atoms with van der Waals surface area (Å²) in [7, 11) is 0. The maximum atomic E-state index is 2.56. The minimum absolute atomic E-state index is 0.179. The smallest absolute Gasteiger partial charge is 0.0341 e. The first-order valence-corrected chi connectivity index (χ1v) is 7.18. The number of nitrogens with zero attached hydrogens (tertiary/aromatic N) is 1. The van der Waals surface area contributed by atoms with Crippen LogP contribution in [-0.2, 0) is 5.41 Å². The highest BCUT2D eigenvalue weighted by atomic mass is 15.1. The van der Waals surface area contributed by atoms with E-state index in [9.17, 15) is 0 Å². The normalized spacial score (nSPS) is 18.6. The number of hydrogen-bond donors (Lipinski definition) is 0. The third-order valence-corrected chi connectivity index (χ3v) is 4.45. The third-order valence-electron chi connectivity index (χ3n) is 4.45. The van der Waals surface area contributed by atoms with Crippen molar-refractivity contribution in [2.45, 2.75) is 18.8 Å². The van der Waals surface area contributed by atoms with Crippen LogP contribution >= 0.6 is 0 Å². The van der Waals surface area contributed by atoms with E-state index in [1.165, 1.54) is 24.1 Å². The minimum atomic E-state index is 0.179. The van der Waals surface area contributed by atoms with E-state index in [0.29, 0.717) is 0 Å². The lowest BCUT2D eigenvalue weighted by molar-refractivity contribution is 0.339. The molecule has 0 amide bonds. The van der Waals surface area contributed by atoms with Crippen LogP contribution in [0.3, 0.4) is 0 Å². The van der Waals surface area contributed by atoms with Gasteiger partial charge in [-0.1, -0.05) is 67.6 Å². The molecule has 3 rings (SSSR count). The van der Waals surface area contributed by atoms with Crippen molar-refractivity contribution in [2.24, 2.45) is 0 Å². The lowest BCUT2D eigenvalue weighted by Gasteiger charge is -2.31. The highest BCUT2D eigenvalue weighted by Gasteiger charge is 2.40. The average molecular weight is 251 g/mol. The zero-order chi connectivity index (χ0) is 13.1. The molecule has 0 saturated carbocycles. The summed E-state index contributed by atoms with van der Waals surface area (Å²) in [5.41, 5.74) is 3.09. The Kier molecular flexibility index (Phi) is 3.39. The van der Waals surface area contributed by atoms with Gasteiger partial charge in [0.25, 0.3) is 0 Å². The van der Waals surface area contributed by atoms with Gasteiger partial charge in [-0.15, -0.1) is 0 Å². The molecule has 1 aliphatic rings. The van der Waals surface area contributed by atoms with Gasteiger partial charge in [0.05, 0.1) is 0 Å². The first-order chi connectivity index (χ1) is 9.35. The van der Waals surface area contributed by atoms with Crippen molar-refractivity contribution >= 4 is 0 Å². The molecule has 1 saturated heterocycles. The first kappa shape index (κ1) is 12.4. The summed E-state index contributed by atoms with van der Waals surface area (Å²) in [5, 5.41) is 0. The number of likely N-dealkylation sites (tertiary alicyclic amines) is 1. The van der Waals surface area contributed by atoms with E-state index in [4.69, 9.17) is 0 Å². The molecule has 1 nitrogen and oxygen atoms in total. The molecule has 0 N–H and O–H groups in total. The minimum Gasteiger partial charge on any atom is -0.302 e. The predicted octanol–water partition coefficient (Wildman–Crippen LogP) is 3.70. The van der Waals surface area contributed by atoms with Gasteiger partial charge >= 0.3 is 0 Å². The van der Waals surface area contributed by atoms with E-state index < -0.39 is 0 Å². The quantitative estimate of drug-likeness (QED) is 0.804. The highest BCUT2D eigenvalue weighted by Crippen LogP contribution is 2.40. The Balaban J connectivity index is 2.07. The lowest BCUT2D eigenvalue weighted by atomic mass is 9.74. The molecular formula is C18H21N. The molecule has 0 unspecified atom stereocenters. The molecule has 98 valence electrons. The van der Waals surface area contributed by atoms with Crippen molar-refractivity contribution in [3.05, 3.63) is 71.8 Å². The van der Waals surface area contributed by atoms with Crippen molar-refractivity contribution in [1.29, 1.82) is 0 Å². The Morgan fingerprint density at radius 3 is 1.84 bits per heavy atom. The summed E-state index contributed by atoms with van der Waals surface area (Å²) < 4.78 is 0. The number of likely N-dealkylation sites (N-methyl/N-ethyl adjacent to an activating group) is 1. The average Bonchev–Trinajstić information content (AvgIpc) is 2.95. The van der Waals surface area contributed by atoms with Gasteiger partial charge in [0, 0.05) is 12.0 Å². The second-order valence-electron chi connectivity index (χ2n) is 5.43. The van der Waals surface area contributed by atoms with E-state index in [1.807, 2.05) is 0 Å². The fourth-order valence-electron chi connectivity index (χ4n) is 3.31. The maximum Gasteiger partial charge on any atom is 0.0341 e. The van der Waals surface area contributed by atoms with E-state index in [1.54, 1.807) is 0 Å². The molecule has 2 aromatic rings. The summed E-state index contributed by atoms with van der Waals surface area (Å²) in [6.45, 7) is 5.73. The van der Waals surface area contributed by atoms with Gasteiger partial charge in [0.1, 0.15) is 0 Å². The molecule has 0 atom stereocenters. The second kappa shape index (κ2) is 5.18. The largest absolute Gasteiger partial charge is 0.302 e.